The third-order valence-corrected chi connectivity index (χ3v) is 11.2. The van der Waals surface area contributed by atoms with Crippen molar-refractivity contribution in [3.8, 4) is 0 Å². The van der Waals surface area contributed by atoms with E-state index in [4.69, 9.17) is 16.0 Å². The van der Waals surface area contributed by atoms with E-state index in [0.717, 1.165) is 59.4 Å². The van der Waals surface area contributed by atoms with Crippen LogP contribution in [0.15, 0.2) is 76.7 Å². The van der Waals surface area contributed by atoms with Gasteiger partial charge >= 0.3 is 5.97 Å². The van der Waals surface area contributed by atoms with E-state index in [1.807, 2.05) is 47.3 Å². The lowest BCUT2D eigenvalue weighted by Gasteiger charge is -2.49. The van der Waals surface area contributed by atoms with Crippen LogP contribution in [-0.4, -0.2) is 85.0 Å². The van der Waals surface area contributed by atoms with E-state index in [1.165, 1.54) is 23.8 Å². The normalized spacial score (nSPS) is 19.3. The maximum absolute atomic E-state index is 13.4. The fraction of sp³-hybridized carbons (Fsp3) is 0.324. The van der Waals surface area contributed by atoms with Gasteiger partial charge in [-0.05, 0) is 24.5 Å². The highest BCUT2D eigenvalue weighted by atomic mass is 32.2. The summed E-state index contributed by atoms with van der Waals surface area (Å²) in [5.74, 6) is -1.75. The molecule has 6 heterocycles. The zero-order chi connectivity index (χ0) is 34.2. The number of β-lactam (4-membered cyclic amide) rings is 1. The molecule has 0 aliphatic carbocycles. The maximum Gasteiger partial charge on any atom is 0.352 e. The van der Waals surface area contributed by atoms with Gasteiger partial charge in [-0.3, -0.25) is 19.9 Å². The first kappa shape index (κ1) is 32.5. The van der Waals surface area contributed by atoms with E-state index in [9.17, 15) is 19.5 Å². The highest BCUT2D eigenvalue weighted by molar-refractivity contribution is 8.00. The van der Waals surface area contributed by atoms with E-state index in [-0.39, 0.29) is 28.7 Å². The number of aliphatic carboxylic acids is 1. The molecule has 0 unspecified atom stereocenters. The second-order valence-electron chi connectivity index (χ2n) is 12.2. The number of nitrogens with zero attached hydrogens (tertiary/aromatic N) is 6. The average Bonchev–Trinajstić information content (AvgIpc) is 3.88. The molecule has 1 amide bonds. The summed E-state index contributed by atoms with van der Waals surface area (Å²) in [4.78, 5) is 51.6. The number of carbonyl (C=O) groups excluding carboxylic acids is 2. The first-order valence-electron chi connectivity index (χ1n) is 15.9. The summed E-state index contributed by atoms with van der Waals surface area (Å²) in [6.07, 6.45) is 6.04. The Morgan fingerprint density at radius 3 is 2.65 bits per heavy atom. The Bertz CT molecular complexity index is 2030. The molecule has 2 atom stereocenters. The summed E-state index contributed by atoms with van der Waals surface area (Å²) in [7, 11) is 1.32. The molecule has 7 rings (SSSR count). The molecule has 15 heteroatoms. The minimum Gasteiger partial charge on any atom is -0.477 e. The lowest BCUT2D eigenvalue weighted by atomic mass is 9.89. The number of carbonyl (C=O) groups is 3. The average molecular weight is 700 g/mol. The monoisotopic (exact) mass is 699 g/mol. The van der Waals surface area contributed by atoms with Crippen LogP contribution in [0.1, 0.15) is 36.1 Å². The number of hydrogen-bond acceptors (Lipinski definition) is 10. The van der Waals surface area contributed by atoms with Crippen molar-refractivity contribution in [1.29, 1.82) is 5.41 Å². The summed E-state index contributed by atoms with van der Waals surface area (Å²) < 4.78 is 4.15. The lowest BCUT2D eigenvalue weighted by molar-refractivity contribution is -0.663. The van der Waals surface area contributed by atoms with Gasteiger partial charge in [-0.1, -0.05) is 29.4 Å². The van der Waals surface area contributed by atoms with Crippen LogP contribution in [0.25, 0.3) is 11.0 Å². The standard InChI is InChI=1S/C34H34N8O5S2/c1-47-38-28(24-19-49-34(36)37-24)27(43)15-23-31(44)42-29(33(45)46)22(18-48-32(23)42)17-40-13-4-5-25-26(40)10-14-41(25)16-20-6-8-21(9-7-20)30(35)39-11-2-3-12-39/h4-10,13-14,19,23,32,35H,2-3,11-12,15-18H2,1H3,(H2-,36,37,45,46)/p+1/b35-30?,38-28-/t23-,32-/m1/s1. The first-order chi connectivity index (χ1) is 23.7. The third kappa shape index (κ3) is 6.19. The number of anilines is 1. The predicted octanol–water partition coefficient (Wildman–Crippen LogP) is 3.32. The largest absolute Gasteiger partial charge is 0.477 e. The molecule has 0 saturated carbocycles. The van der Waals surface area contributed by atoms with Crippen LogP contribution in [0.5, 0.6) is 0 Å². The number of ketones is 1. The van der Waals surface area contributed by atoms with Gasteiger partial charge < -0.3 is 25.1 Å². The fourth-order valence-electron chi connectivity index (χ4n) is 6.75. The van der Waals surface area contributed by atoms with Crippen LogP contribution in [0.4, 0.5) is 5.13 Å². The van der Waals surface area contributed by atoms with E-state index in [1.54, 1.807) is 5.38 Å². The van der Waals surface area contributed by atoms with Crippen LogP contribution in [0, 0.1) is 11.3 Å². The molecule has 3 aliphatic heterocycles. The van der Waals surface area contributed by atoms with Crippen LogP contribution >= 0.6 is 23.1 Å². The number of pyridine rings is 1. The first-order valence-corrected chi connectivity index (χ1v) is 17.8. The van der Waals surface area contributed by atoms with Crippen LogP contribution in [0.3, 0.4) is 0 Å². The maximum atomic E-state index is 13.4. The number of carboxylic acids is 1. The Morgan fingerprint density at radius 2 is 1.96 bits per heavy atom. The molecule has 1 aromatic carbocycles. The van der Waals surface area contributed by atoms with Crippen LogP contribution in [0.2, 0.25) is 0 Å². The van der Waals surface area contributed by atoms with Gasteiger partial charge in [0.15, 0.2) is 29.4 Å². The molecule has 3 aliphatic rings. The van der Waals surface area contributed by atoms with Crippen molar-refractivity contribution in [2.75, 3.05) is 31.7 Å². The number of hydrogen-bond donors (Lipinski definition) is 3. The molecule has 4 aromatic rings. The van der Waals surface area contributed by atoms with Crippen molar-refractivity contribution >= 4 is 68.5 Å². The number of aromatic nitrogens is 3. The number of benzene rings is 1. The second-order valence-corrected chi connectivity index (χ2v) is 14.2. The topological polar surface area (TPSA) is 171 Å². The highest BCUT2D eigenvalue weighted by Gasteiger charge is 2.54. The Hall–Kier alpha value is -5.02. The van der Waals surface area contributed by atoms with Gasteiger partial charge in [0.2, 0.25) is 11.4 Å². The van der Waals surface area contributed by atoms with E-state index < -0.39 is 29.0 Å². The summed E-state index contributed by atoms with van der Waals surface area (Å²) in [6, 6.07) is 14.1. The van der Waals surface area contributed by atoms with Gasteiger partial charge in [-0.25, -0.2) is 9.78 Å². The van der Waals surface area contributed by atoms with Crippen LogP contribution < -0.4 is 10.3 Å². The number of nitrogens with one attached hydrogen (secondary N) is 1. The fourth-order valence-corrected chi connectivity index (χ4v) is 8.70. The molecule has 13 nitrogen and oxygen atoms in total. The second kappa shape index (κ2) is 13.5. The molecule has 252 valence electrons. The number of rotatable bonds is 11. The minimum absolute atomic E-state index is 0.0244. The Balaban J connectivity index is 1.07. The SMILES string of the molecule is CO/N=C(\C(=O)C[C@@H]1C(=O)N2C(C(=O)O)=C(C[n+]3cccc4c3ccn4Cc3ccc(C(=N)N4CCCC4)cc3)CS[C@H]12)c1csc(N)n1. The zero-order valence-electron chi connectivity index (χ0n) is 26.7. The summed E-state index contributed by atoms with van der Waals surface area (Å²) in [5.41, 5.74) is 10.5. The molecular formula is C34H35N8O5S2+. The Morgan fingerprint density at radius 1 is 1.18 bits per heavy atom. The van der Waals surface area contributed by atoms with Gasteiger partial charge in [-0.2, -0.15) is 4.57 Å². The number of nitrogens with two attached hydrogens (primary N) is 1. The van der Waals surface area contributed by atoms with E-state index >= 15 is 0 Å². The number of likely N-dealkylation sites (tertiary alicyclic amines) is 1. The van der Waals surface area contributed by atoms with E-state index in [2.05, 4.69) is 31.7 Å². The van der Waals surface area contributed by atoms with Crippen molar-refractivity contribution in [3.05, 3.63) is 88.3 Å². The molecular weight excluding hydrogens is 665 g/mol. The number of carboxylic acid groups (broad SMARTS) is 1. The zero-order valence-corrected chi connectivity index (χ0v) is 28.4. The van der Waals surface area contributed by atoms with Gasteiger partial charge in [0.1, 0.15) is 29.9 Å². The molecule has 4 N–H and O–H groups in total. The number of amides is 1. The van der Waals surface area contributed by atoms with Crippen molar-refractivity contribution in [2.24, 2.45) is 11.1 Å². The molecule has 3 aromatic heterocycles. The molecule has 2 saturated heterocycles. The third-order valence-electron chi connectivity index (χ3n) is 9.15. The highest BCUT2D eigenvalue weighted by Crippen LogP contribution is 2.45. The number of nitrogen functional groups attached to an aromatic ring is 1. The van der Waals surface area contributed by atoms with E-state index in [0.29, 0.717) is 30.3 Å². The number of fused-ring (bicyclic) bond motifs is 2. The summed E-state index contributed by atoms with van der Waals surface area (Å²) in [5, 5.41) is 24.0. The molecule has 0 spiro atoms. The predicted molar refractivity (Wildman–Crippen MR) is 186 cm³/mol. The van der Waals surface area contributed by atoms with Crippen molar-refractivity contribution in [1.82, 2.24) is 19.4 Å². The van der Waals surface area contributed by atoms with Gasteiger partial charge in [0.25, 0.3) is 0 Å². The summed E-state index contributed by atoms with van der Waals surface area (Å²) >= 11 is 2.61. The van der Waals surface area contributed by atoms with Crippen molar-refractivity contribution in [3.63, 3.8) is 0 Å². The van der Waals surface area contributed by atoms with Crippen LogP contribution in [-0.2, 0) is 32.3 Å². The molecule has 0 radical (unpaired) electrons. The van der Waals surface area contributed by atoms with Gasteiger partial charge in [0.05, 0.1) is 11.3 Å². The number of oxime groups is 1. The lowest BCUT2D eigenvalue weighted by Crippen LogP contribution is -2.62. The molecule has 2 fully saturated rings. The van der Waals surface area contributed by atoms with Gasteiger partial charge in [0, 0.05) is 66.7 Å². The smallest absolute Gasteiger partial charge is 0.352 e. The number of Topliss-reactive ketones (excluding diaryl/α,β-unsaturated/α-hetero) is 1. The van der Waals surface area contributed by atoms with Gasteiger partial charge in [-0.15, -0.1) is 23.1 Å². The Labute approximate surface area is 290 Å². The number of amidine groups is 1. The molecule has 49 heavy (non-hydrogen) atoms. The summed E-state index contributed by atoms with van der Waals surface area (Å²) in [6.45, 7) is 2.80. The molecule has 0 bridgehead atoms. The number of thiazole rings is 1. The number of thioether (sulfide) groups is 1. The quantitative estimate of drug-likeness (QED) is 0.0699. The Kier molecular flexibility index (Phi) is 8.94. The van der Waals surface area contributed by atoms with Crippen molar-refractivity contribution < 1.29 is 28.9 Å². The van der Waals surface area contributed by atoms with Crippen molar-refractivity contribution in [2.45, 2.75) is 37.7 Å². The minimum atomic E-state index is -1.18.